The van der Waals surface area contributed by atoms with Crippen molar-refractivity contribution in [2.24, 2.45) is 0 Å². The van der Waals surface area contributed by atoms with E-state index in [1.54, 1.807) is 41.5 Å². The van der Waals surface area contributed by atoms with E-state index in [2.05, 4.69) is 21.2 Å². The van der Waals surface area contributed by atoms with Gasteiger partial charge in [0.15, 0.2) is 0 Å². The van der Waals surface area contributed by atoms with Crippen molar-refractivity contribution in [1.82, 2.24) is 0 Å². The molecule has 35 heavy (non-hydrogen) atoms. The number of anilines is 2. The van der Waals surface area contributed by atoms with Gasteiger partial charge in [0.25, 0.3) is 5.91 Å². The van der Waals surface area contributed by atoms with Crippen LogP contribution < -0.4 is 10.2 Å². The summed E-state index contributed by atoms with van der Waals surface area (Å²) in [4.78, 5) is 52.7. The Kier molecular flexibility index (Phi) is 6.52. The maximum Gasteiger partial charge on any atom is 0.424 e. The first-order valence-electron chi connectivity index (χ1n) is 12.8. The number of halogens is 1. The standard InChI is InChI=1S/C25H29BrN2O7/c1-24(2,3)34-22(31)28(23(32)35-25(4,5)6)19-14-18(17(26)13-16(19)21(30)33-7)27-20(29)15-11-9-8-10-12-15/h8-14H,1-7H3,(H,27,29)/i8D,9D,10D,11D,12D. The fraction of sp³-hybridized carbons (Fsp3) is 0.360. The molecule has 10 heteroatoms. The highest BCUT2D eigenvalue weighted by atomic mass is 79.9. The molecule has 0 aliphatic carbocycles. The first-order valence-corrected chi connectivity index (χ1v) is 11.1. The van der Waals surface area contributed by atoms with Gasteiger partial charge in [-0.2, -0.15) is 4.90 Å². The number of carbonyl (C=O) groups excluding carboxylic acids is 4. The summed E-state index contributed by atoms with van der Waals surface area (Å²) < 4.78 is 55.1. The number of amides is 3. The van der Waals surface area contributed by atoms with Crippen LogP contribution in [0.3, 0.4) is 0 Å². The number of nitrogens with zero attached hydrogens (tertiary/aromatic N) is 1. The van der Waals surface area contributed by atoms with Crippen molar-refractivity contribution in [2.75, 3.05) is 17.3 Å². The second-order valence-electron chi connectivity index (χ2n) is 9.09. The van der Waals surface area contributed by atoms with Crippen molar-refractivity contribution in [3.8, 4) is 0 Å². The molecule has 0 aliphatic rings. The number of benzene rings is 2. The van der Waals surface area contributed by atoms with Gasteiger partial charge in [-0.15, -0.1) is 0 Å². The molecule has 0 saturated carbocycles. The molecule has 0 aromatic heterocycles. The highest BCUT2D eigenvalue weighted by Gasteiger charge is 2.36. The van der Waals surface area contributed by atoms with Crippen LogP contribution in [-0.2, 0) is 14.2 Å². The molecule has 0 fully saturated rings. The number of rotatable bonds is 4. The van der Waals surface area contributed by atoms with Crippen LogP contribution in [0.1, 0.15) is 69.1 Å². The van der Waals surface area contributed by atoms with Crippen LogP contribution in [0.5, 0.6) is 0 Å². The maximum absolute atomic E-state index is 13.2. The van der Waals surface area contributed by atoms with E-state index in [1.807, 2.05) is 0 Å². The summed E-state index contributed by atoms with van der Waals surface area (Å²) in [5.41, 5.74) is -3.56. The van der Waals surface area contributed by atoms with E-state index in [0.717, 1.165) is 13.2 Å². The zero-order valence-corrected chi connectivity index (χ0v) is 21.9. The van der Waals surface area contributed by atoms with E-state index in [-0.39, 0.29) is 21.4 Å². The van der Waals surface area contributed by atoms with E-state index in [0.29, 0.717) is 4.90 Å². The van der Waals surface area contributed by atoms with Crippen molar-refractivity contribution in [3.05, 3.63) is 57.9 Å². The Balaban J connectivity index is 2.77. The van der Waals surface area contributed by atoms with Crippen molar-refractivity contribution in [2.45, 2.75) is 52.7 Å². The number of esters is 1. The van der Waals surface area contributed by atoms with Gasteiger partial charge in [0.05, 0.1) is 30.9 Å². The lowest BCUT2D eigenvalue weighted by molar-refractivity contribution is 0.0430. The van der Waals surface area contributed by atoms with E-state index < -0.39 is 71.0 Å². The first-order chi connectivity index (χ1) is 18.2. The normalized spacial score (nSPS) is 13.3. The summed E-state index contributed by atoms with van der Waals surface area (Å²) in [6.45, 7) is 9.37. The van der Waals surface area contributed by atoms with Gasteiger partial charge in [-0.3, -0.25) is 4.79 Å². The smallest absolute Gasteiger partial charge is 0.424 e. The van der Waals surface area contributed by atoms with Crippen LogP contribution in [-0.4, -0.2) is 42.4 Å². The second-order valence-corrected chi connectivity index (χ2v) is 9.95. The summed E-state index contributed by atoms with van der Waals surface area (Å²) in [7, 11) is 1.08. The SMILES string of the molecule is [2H]c1c([2H])c([2H])c(C(=O)Nc2cc(N(C(=O)OC(C)(C)C)C(=O)OC(C)(C)C)c(C(=O)OC)cc2Br)c([2H])c1[2H]. The van der Waals surface area contributed by atoms with Gasteiger partial charge < -0.3 is 19.5 Å². The monoisotopic (exact) mass is 553 g/mol. The molecule has 2 aromatic rings. The Morgan fingerprint density at radius 3 is 1.89 bits per heavy atom. The van der Waals surface area contributed by atoms with Crippen LogP contribution in [0.25, 0.3) is 0 Å². The molecule has 0 saturated heterocycles. The minimum atomic E-state index is -1.20. The van der Waals surface area contributed by atoms with Gasteiger partial charge in [-0.25, -0.2) is 14.4 Å². The molecule has 2 aromatic carbocycles. The van der Waals surface area contributed by atoms with Crippen molar-refractivity contribution in [1.29, 1.82) is 0 Å². The van der Waals surface area contributed by atoms with Crippen molar-refractivity contribution < 1.29 is 40.2 Å². The molecular weight excluding hydrogens is 520 g/mol. The number of hydrogen-bond donors (Lipinski definition) is 1. The fourth-order valence-electron chi connectivity index (χ4n) is 2.55. The molecule has 0 bridgehead atoms. The lowest BCUT2D eigenvalue weighted by Crippen LogP contribution is -2.44. The van der Waals surface area contributed by atoms with Crippen molar-refractivity contribution >= 4 is 51.4 Å². The zero-order chi connectivity index (χ0) is 30.9. The number of hydrogen-bond acceptors (Lipinski definition) is 7. The van der Waals surface area contributed by atoms with E-state index >= 15 is 0 Å². The summed E-state index contributed by atoms with van der Waals surface area (Å²) >= 11 is 3.21. The van der Waals surface area contributed by atoms with Gasteiger partial charge >= 0.3 is 18.2 Å². The van der Waals surface area contributed by atoms with E-state index in [9.17, 15) is 19.2 Å². The molecule has 188 valence electrons. The highest BCUT2D eigenvalue weighted by Crippen LogP contribution is 2.34. The van der Waals surface area contributed by atoms with Crippen LogP contribution in [0.15, 0.2) is 46.8 Å². The molecule has 3 amide bonds. The molecule has 1 N–H and O–H groups in total. The average Bonchev–Trinajstić information content (AvgIpc) is 2.80. The Morgan fingerprint density at radius 1 is 0.914 bits per heavy atom. The molecule has 0 radical (unpaired) electrons. The molecule has 0 unspecified atom stereocenters. The van der Waals surface area contributed by atoms with Gasteiger partial charge in [-0.1, -0.05) is 18.1 Å². The molecular formula is C25H29BrN2O7. The van der Waals surface area contributed by atoms with Gasteiger partial charge in [0.1, 0.15) is 11.2 Å². The number of imide groups is 1. The Bertz CT molecular complexity index is 1330. The zero-order valence-electron chi connectivity index (χ0n) is 25.3. The number of carbonyl (C=O) groups is 4. The summed E-state index contributed by atoms with van der Waals surface area (Å²) in [5, 5.41) is 2.40. The Labute approximate surface area is 219 Å². The first kappa shape index (κ1) is 20.9. The minimum Gasteiger partial charge on any atom is -0.465 e. The Morgan fingerprint density at radius 2 is 1.43 bits per heavy atom. The largest absolute Gasteiger partial charge is 0.465 e. The Hall–Kier alpha value is -3.40. The van der Waals surface area contributed by atoms with Crippen LogP contribution in [0.4, 0.5) is 21.0 Å². The lowest BCUT2D eigenvalue weighted by Gasteiger charge is -2.29. The number of ether oxygens (including phenoxy) is 3. The van der Waals surface area contributed by atoms with Crippen LogP contribution in [0, 0.1) is 0 Å². The summed E-state index contributed by atoms with van der Waals surface area (Å²) in [5.74, 6) is -2.04. The third-order valence-corrected chi connectivity index (χ3v) is 4.52. The molecule has 2 rings (SSSR count). The van der Waals surface area contributed by atoms with E-state index in [1.165, 1.54) is 6.07 Å². The molecule has 0 spiro atoms. The third kappa shape index (κ3) is 7.81. The van der Waals surface area contributed by atoms with Crippen LogP contribution in [0.2, 0.25) is 0 Å². The summed E-state index contributed by atoms with van der Waals surface area (Å²) in [6.07, 6.45) is -2.39. The highest BCUT2D eigenvalue weighted by molar-refractivity contribution is 9.10. The minimum absolute atomic E-state index is 0.0747. The van der Waals surface area contributed by atoms with Gasteiger partial charge in [-0.05, 0) is 81.7 Å². The predicted molar refractivity (Wildman–Crippen MR) is 135 cm³/mol. The van der Waals surface area contributed by atoms with Gasteiger partial charge in [0, 0.05) is 10.0 Å². The van der Waals surface area contributed by atoms with Crippen LogP contribution >= 0.6 is 15.9 Å². The number of methoxy groups -OCH3 is 1. The predicted octanol–water partition coefficient (Wildman–Crippen LogP) is 6.16. The molecule has 0 atom stereocenters. The van der Waals surface area contributed by atoms with Crippen molar-refractivity contribution in [3.63, 3.8) is 0 Å². The topological polar surface area (TPSA) is 111 Å². The summed E-state index contributed by atoms with van der Waals surface area (Å²) in [6, 6.07) is -1.34. The molecule has 9 nitrogen and oxygen atoms in total. The fourth-order valence-corrected chi connectivity index (χ4v) is 2.99. The van der Waals surface area contributed by atoms with E-state index in [4.69, 9.17) is 21.1 Å². The molecule has 0 heterocycles. The number of nitrogens with one attached hydrogen (secondary N) is 1. The quantitative estimate of drug-likeness (QED) is 0.356. The third-order valence-electron chi connectivity index (χ3n) is 3.86. The maximum atomic E-state index is 13.2. The average molecular weight is 554 g/mol. The molecule has 0 aliphatic heterocycles. The lowest BCUT2D eigenvalue weighted by atomic mass is 10.1. The second kappa shape index (κ2) is 10.9. The van der Waals surface area contributed by atoms with Gasteiger partial charge in [0.2, 0.25) is 0 Å².